The van der Waals surface area contributed by atoms with E-state index in [0.29, 0.717) is 30.5 Å². The Kier molecular flexibility index (Phi) is 5.66. The van der Waals surface area contributed by atoms with Gasteiger partial charge in [-0.15, -0.1) is 5.10 Å². The van der Waals surface area contributed by atoms with E-state index in [0.717, 1.165) is 11.4 Å². The van der Waals surface area contributed by atoms with Crippen molar-refractivity contribution >= 4 is 23.4 Å². The number of carbonyl (C=O) groups excluding carboxylic acids is 1. The average molecular weight is 350 g/mol. The van der Waals surface area contributed by atoms with Crippen molar-refractivity contribution < 1.29 is 9.53 Å². The minimum atomic E-state index is -0.344. The molecule has 0 fully saturated rings. The Bertz CT molecular complexity index is 855. The lowest BCUT2D eigenvalue weighted by Gasteiger charge is -2.08. The number of carbonyl (C=O) groups is 1. The van der Waals surface area contributed by atoms with Crippen LogP contribution >= 0.6 is 0 Å². The predicted octanol–water partition coefficient (Wildman–Crippen LogP) is 2.80. The summed E-state index contributed by atoms with van der Waals surface area (Å²) in [5.74, 6) is 0.583. The van der Waals surface area contributed by atoms with Gasteiger partial charge in [0.15, 0.2) is 5.82 Å². The van der Waals surface area contributed by atoms with Crippen LogP contribution in [0.15, 0.2) is 54.9 Å². The molecule has 0 spiro atoms. The van der Waals surface area contributed by atoms with Gasteiger partial charge in [-0.2, -0.15) is 10.1 Å². The number of rotatable bonds is 7. The van der Waals surface area contributed by atoms with Crippen molar-refractivity contribution in [3.05, 3.63) is 66.1 Å². The summed E-state index contributed by atoms with van der Waals surface area (Å²) in [7, 11) is 0. The average Bonchev–Trinajstić information content (AvgIpc) is 2.68. The van der Waals surface area contributed by atoms with E-state index >= 15 is 0 Å². The highest BCUT2D eigenvalue weighted by atomic mass is 16.5. The van der Waals surface area contributed by atoms with Crippen LogP contribution in [0.4, 0.5) is 17.5 Å². The maximum absolute atomic E-state index is 11.7. The first kappa shape index (κ1) is 17.3. The first-order valence-electron chi connectivity index (χ1n) is 8.12. The molecule has 0 amide bonds. The van der Waals surface area contributed by atoms with Gasteiger partial charge in [0.1, 0.15) is 0 Å². The summed E-state index contributed by atoms with van der Waals surface area (Å²) < 4.78 is 4.96. The molecule has 26 heavy (non-hydrogen) atoms. The predicted molar refractivity (Wildman–Crippen MR) is 97.1 cm³/mol. The summed E-state index contributed by atoms with van der Waals surface area (Å²) in [5, 5.41) is 14.1. The summed E-state index contributed by atoms with van der Waals surface area (Å²) in [6.07, 6.45) is 3.25. The van der Waals surface area contributed by atoms with Gasteiger partial charge in [-0.3, -0.25) is 4.98 Å². The fourth-order valence-corrected chi connectivity index (χ4v) is 2.16. The molecule has 2 N–H and O–H groups in total. The minimum Gasteiger partial charge on any atom is -0.462 e. The van der Waals surface area contributed by atoms with E-state index in [4.69, 9.17) is 4.74 Å². The number of esters is 1. The van der Waals surface area contributed by atoms with Crippen LogP contribution in [-0.4, -0.2) is 32.7 Å². The molecule has 0 aliphatic heterocycles. The summed E-state index contributed by atoms with van der Waals surface area (Å²) in [6, 6.07) is 12.6. The molecule has 2 aromatic heterocycles. The number of pyridine rings is 1. The van der Waals surface area contributed by atoms with Crippen LogP contribution in [0, 0.1) is 0 Å². The third-order valence-electron chi connectivity index (χ3n) is 3.38. The largest absolute Gasteiger partial charge is 0.462 e. The lowest BCUT2D eigenvalue weighted by molar-refractivity contribution is 0.0526. The zero-order valence-electron chi connectivity index (χ0n) is 14.2. The van der Waals surface area contributed by atoms with E-state index < -0.39 is 0 Å². The molecule has 132 valence electrons. The van der Waals surface area contributed by atoms with E-state index in [1.54, 1.807) is 37.4 Å². The molecule has 0 saturated carbocycles. The number of nitrogens with one attached hydrogen (secondary N) is 2. The van der Waals surface area contributed by atoms with Gasteiger partial charge >= 0.3 is 5.97 Å². The van der Waals surface area contributed by atoms with Crippen molar-refractivity contribution in [1.82, 2.24) is 20.2 Å². The Labute approximate surface area is 150 Å². The van der Waals surface area contributed by atoms with Crippen molar-refractivity contribution in [1.29, 1.82) is 0 Å². The van der Waals surface area contributed by atoms with Gasteiger partial charge in [0.2, 0.25) is 5.95 Å². The van der Waals surface area contributed by atoms with Crippen LogP contribution < -0.4 is 10.6 Å². The number of hydrogen-bond donors (Lipinski definition) is 2. The molecule has 8 heteroatoms. The molecule has 0 aliphatic rings. The third kappa shape index (κ3) is 4.73. The molecule has 0 unspecified atom stereocenters. The Morgan fingerprint density at radius 1 is 1.15 bits per heavy atom. The number of nitrogens with zero attached hydrogens (tertiary/aromatic N) is 4. The second kappa shape index (κ2) is 8.52. The SMILES string of the molecule is CCOC(=O)c1ccc(Nc2cnnc(NCc3ccccn3)n2)cc1. The maximum atomic E-state index is 11.7. The van der Waals surface area contributed by atoms with Gasteiger partial charge in [-0.25, -0.2) is 4.79 Å². The van der Waals surface area contributed by atoms with Crippen LogP contribution in [0.3, 0.4) is 0 Å². The number of hydrogen-bond acceptors (Lipinski definition) is 8. The number of anilines is 3. The standard InChI is InChI=1S/C18H18N6O2/c1-2-26-17(25)13-6-8-14(9-7-13)22-16-12-21-24-18(23-16)20-11-15-5-3-4-10-19-15/h3-10,12H,2,11H2,1H3,(H2,20,22,23,24). The van der Waals surface area contributed by atoms with E-state index in [2.05, 4.69) is 30.8 Å². The Balaban J connectivity index is 1.62. The molecule has 2 heterocycles. The zero-order valence-corrected chi connectivity index (χ0v) is 14.2. The van der Waals surface area contributed by atoms with Gasteiger partial charge < -0.3 is 15.4 Å². The van der Waals surface area contributed by atoms with Crippen LogP contribution in [0.1, 0.15) is 23.0 Å². The van der Waals surface area contributed by atoms with Crippen LogP contribution in [0.2, 0.25) is 0 Å². The Morgan fingerprint density at radius 3 is 2.73 bits per heavy atom. The van der Waals surface area contributed by atoms with E-state index in [9.17, 15) is 4.79 Å². The first-order chi connectivity index (χ1) is 12.7. The highest BCUT2D eigenvalue weighted by molar-refractivity contribution is 5.89. The number of ether oxygens (including phenoxy) is 1. The highest BCUT2D eigenvalue weighted by Crippen LogP contribution is 2.16. The second-order valence-corrected chi connectivity index (χ2v) is 5.26. The van der Waals surface area contributed by atoms with E-state index in [1.165, 1.54) is 6.20 Å². The molecule has 0 saturated heterocycles. The molecule has 0 bridgehead atoms. The molecule has 3 aromatic rings. The number of aromatic nitrogens is 4. The third-order valence-corrected chi connectivity index (χ3v) is 3.38. The summed E-state index contributed by atoms with van der Waals surface area (Å²) in [6.45, 7) is 2.62. The van der Waals surface area contributed by atoms with E-state index in [-0.39, 0.29) is 5.97 Å². The van der Waals surface area contributed by atoms with Crippen molar-refractivity contribution in [3.63, 3.8) is 0 Å². The van der Waals surface area contributed by atoms with Crippen molar-refractivity contribution in [3.8, 4) is 0 Å². The van der Waals surface area contributed by atoms with Crippen LogP contribution in [0.25, 0.3) is 0 Å². The maximum Gasteiger partial charge on any atom is 0.338 e. The van der Waals surface area contributed by atoms with Gasteiger partial charge in [-0.05, 0) is 43.3 Å². The van der Waals surface area contributed by atoms with Crippen molar-refractivity contribution in [2.24, 2.45) is 0 Å². The quantitative estimate of drug-likeness (QED) is 0.627. The molecular weight excluding hydrogens is 332 g/mol. The van der Waals surface area contributed by atoms with E-state index in [1.807, 2.05) is 18.2 Å². The minimum absolute atomic E-state index is 0.344. The number of benzene rings is 1. The Hall–Kier alpha value is -3.55. The zero-order chi connectivity index (χ0) is 18.2. The molecule has 1 aromatic carbocycles. The fourth-order valence-electron chi connectivity index (χ4n) is 2.16. The van der Waals surface area contributed by atoms with Gasteiger partial charge in [0, 0.05) is 11.9 Å². The van der Waals surface area contributed by atoms with Crippen molar-refractivity contribution in [2.75, 3.05) is 17.2 Å². The fraction of sp³-hybridized carbons (Fsp3) is 0.167. The van der Waals surface area contributed by atoms with Crippen LogP contribution in [-0.2, 0) is 11.3 Å². The second-order valence-electron chi connectivity index (χ2n) is 5.26. The smallest absolute Gasteiger partial charge is 0.338 e. The molecule has 0 aliphatic carbocycles. The van der Waals surface area contributed by atoms with Gasteiger partial charge in [0.25, 0.3) is 0 Å². The summed E-state index contributed by atoms with van der Waals surface area (Å²) in [5.41, 5.74) is 2.15. The highest BCUT2D eigenvalue weighted by Gasteiger charge is 2.06. The summed E-state index contributed by atoms with van der Waals surface area (Å²) >= 11 is 0. The van der Waals surface area contributed by atoms with Gasteiger partial charge in [0.05, 0.1) is 30.6 Å². The Morgan fingerprint density at radius 2 is 2.00 bits per heavy atom. The normalized spacial score (nSPS) is 10.2. The summed E-state index contributed by atoms with van der Waals surface area (Å²) in [4.78, 5) is 20.2. The van der Waals surface area contributed by atoms with Crippen LogP contribution in [0.5, 0.6) is 0 Å². The molecule has 3 rings (SSSR count). The lowest BCUT2D eigenvalue weighted by Crippen LogP contribution is -2.07. The lowest BCUT2D eigenvalue weighted by atomic mass is 10.2. The molecule has 8 nitrogen and oxygen atoms in total. The van der Waals surface area contributed by atoms with Crippen molar-refractivity contribution in [2.45, 2.75) is 13.5 Å². The monoisotopic (exact) mass is 350 g/mol. The molecular formula is C18H18N6O2. The molecule has 0 radical (unpaired) electrons. The topological polar surface area (TPSA) is 102 Å². The van der Waals surface area contributed by atoms with Gasteiger partial charge in [-0.1, -0.05) is 6.07 Å². The molecule has 0 atom stereocenters. The first-order valence-corrected chi connectivity index (χ1v) is 8.12.